The maximum absolute atomic E-state index is 12.7. The number of halogens is 3. The van der Waals surface area contributed by atoms with Crippen molar-refractivity contribution in [3.05, 3.63) is 40.6 Å². The Bertz CT molecular complexity index is 806. The second-order valence-corrected chi connectivity index (χ2v) is 7.99. The van der Waals surface area contributed by atoms with E-state index >= 15 is 0 Å². The fraction of sp³-hybridized carbons (Fsp3) is 0.500. The quantitative estimate of drug-likeness (QED) is 0.803. The molecule has 0 aromatic carbocycles. The summed E-state index contributed by atoms with van der Waals surface area (Å²) >= 11 is 1.64. The third-order valence-electron chi connectivity index (χ3n) is 4.19. The molecule has 1 aliphatic rings. The van der Waals surface area contributed by atoms with E-state index in [1.54, 1.807) is 11.3 Å². The molecule has 2 aromatic rings. The number of hydrogen-bond donors (Lipinski definition) is 1. The molecule has 1 N–H and O–H groups in total. The van der Waals surface area contributed by atoms with Gasteiger partial charge in [-0.05, 0) is 25.5 Å². The molecule has 7 nitrogen and oxygen atoms in total. The number of fused-ring (bicyclic) bond motifs is 1. The number of amides is 1. The van der Waals surface area contributed by atoms with E-state index in [1.165, 1.54) is 0 Å². The second-order valence-electron chi connectivity index (χ2n) is 6.96. The predicted molar refractivity (Wildman–Crippen MR) is 101 cm³/mol. The number of carboxylic acid groups (broad SMARTS) is 1. The molecule has 1 atom stereocenters. The number of alkyl halides is 3. The highest BCUT2D eigenvalue weighted by atomic mass is 32.1. The smallest absolute Gasteiger partial charge is 0.475 e. The van der Waals surface area contributed by atoms with E-state index in [1.807, 2.05) is 34.8 Å². The van der Waals surface area contributed by atoms with E-state index < -0.39 is 12.1 Å². The lowest BCUT2D eigenvalue weighted by Crippen LogP contribution is -2.38. The van der Waals surface area contributed by atoms with Gasteiger partial charge in [-0.3, -0.25) is 4.79 Å². The summed E-state index contributed by atoms with van der Waals surface area (Å²) in [5, 5.41) is 9.15. The summed E-state index contributed by atoms with van der Waals surface area (Å²) in [6, 6.07) is 4.02. The van der Waals surface area contributed by atoms with Crippen LogP contribution in [0.5, 0.6) is 0 Å². The molecule has 29 heavy (non-hydrogen) atoms. The topological polar surface area (TPSA) is 78.7 Å². The highest BCUT2D eigenvalue weighted by Gasteiger charge is 2.38. The van der Waals surface area contributed by atoms with Gasteiger partial charge in [-0.25, -0.2) is 9.78 Å². The van der Waals surface area contributed by atoms with Crippen LogP contribution in [0.1, 0.15) is 10.7 Å². The minimum Gasteiger partial charge on any atom is -0.475 e. The van der Waals surface area contributed by atoms with E-state index in [2.05, 4.69) is 28.5 Å². The zero-order valence-corrected chi connectivity index (χ0v) is 16.9. The predicted octanol–water partition coefficient (Wildman–Crippen LogP) is 2.34. The third-order valence-corrected chi connectivity index (χ3v) is 5.07. The van der Waals surface area contributed by atoms with Crippen LogP contribution in [0, 0.1) is 5.92 Å². The lowest BCUT2D eigenvalue weighted by atomic mass is 10.1. The van der Waals surface area contributed by atoms with Crippen molar-refractivity contribution in [2.24, 2.45) is 5.92 Å². The minimum atomic E-state index is -5.08. The van der Waals surface area contributed by atoms with Crippen molar-refractivity contribution < 1.29 is 27.9 Å². The van der Waals surface area contributed by atoms with E-state index in [9.17, 15) is 18.0 Å². The Balaban J connectivity index is 0.000000370. The number of hydrogen-bond acceptors (Lipinski definition) is 5. The first-order valence-electron chi connectivity index (χ1n) is 8.81. The Morgan fingerprint density at radius 1 is 1.34 bits per heavy atom. The van der Waals surface area contributed by atoms with Gasteiger partial charge in [0.1, 0.15) is 5.82 Å². The first-order valence-corrected chi connectivity index (χ1v) is 9.69. The molecule has 0 aliphatic carbocycles. The highest BCUT2D eigenvalue weighted by molar-refractivity contribution is 7.10. The van der Waals surface area contributed by atoms with Gasteiger partial charge in [0, 0.05) is 42.8 Å². The molecule has 1 amide bonds. The first-order chi connectivity index (χ1) is 13.6. The summed E-state index contributed by atoms with van der Waals surface area (Å²) in [6.45, 7) is 3.31. The lowest BCUT2D eigenvalue weighted by molar-refractivity contribution is -0.192. The molecule has 0 radical (unpaired) electrons. The Morgan fingerprint density at radius 3 is 2.59 bits per heavy atom. The molecule has 0 saturated carbocycles. The molecule has 160 valence electrons. The van der Waals surface area contributed by atoms with Crippen LogP contribution in [0.15, 0.2) is 29.9 Å². The standard InChI is InChI=1S/C16H22N4OS.C2HF3O2/c1-18(2)9-13-10-19-6-5-17-15(19)12-20(11-13)16(21)8-14-4-3-7-22-14;3-2(4,5)1(6)7/h3-7,13H,8-12H2,1-2H3;(H,6,7). The molecule has 0 spiro atoms. The average Bonchev–Trinajstić information content (AvgIpc) is 3.23. The van der Waals surface area contributed by atoms with Gasteiger partial charge in [-0.2, -0.15) is 13.2 Å². The molecule has 0 saturated heterocycles. The zero-order chi connectivity index (χ0) is 21.6. The Kier molecular flexibility index (Phi) is 7.80. The average molecular weight is 432 g/mol. The van der Waals surface area contributed by atoms with Crippen LogP contribution in [0.4, 0.5) is 13.2 Å². The number of carboxylic acids is 1. The number of carbonyl (C=O) groups excluding carboxylic acids is 1. The molecule has 3 heterocycles. The maximum Gasteiger partial charge on any atom is 0.490 e. The summed E-state index contributed by atoms with van der Waals surface area (Å²) in [6.07, 6.45) is -0.742. The second kappa shape index (κ2) is 9.88. The van der Waals surface area contributed by atoms with Gasteiger partial charge in [0.15, 0.2) is 0 Å². The number of aliphatic carboxylic acids is 1. The van der Waals surface area contributed by atoms with Crippen LogP contribution in [-0.4, -0.2) is 69.7 Å². The van der Waals surface area contributed by atoms with Crippen molar-refractivity contribution in [2.75, 3.05) is 27.2 Å². The molecular formula is C18H23F3N4O3S. The minimum absolute atomic E-state index is 0.197. The van der Waals surface area contributed by atoms with Crippen LogP contribution < -0.4 is 0 Å². The van der Waals surface area contributed by atoms with Gasteiger partial charge in [-0.1, -0.05) is 6.07 Å². The Morgan fingerprint density at radius 2 is 2.03 bits per heavy atom. The van der Waals surface area contributed by atoms with E-state index in [4.69, 9.17) is 9.90 Å². The maximum atomic E-state index is 12.7. The molecule has 0 bridgehead atoms. The molecule has 2 aromatic heterocycles. The van der Waals surface area contributed by atoms with Crippen LogP contribution in [0.2, 0.25) is 0 Å². The number of thiophene rings is 1. The number of aromatic nitrogens is 2. The normalized spacial score (nSPS) is 16.6. The molecular weight excluding hydrogens is 409 g/mol. The van der Waals surface area contributed by atoms with Crippen molar-refractivity contribution in [1.82, 2.24) is 19.4 Å². The molecule has 3 rings (SSSR count). The van der Waals surface area contributed by atoms with Crippen molar-refractivity contribution in [3.63, 3.8) is 0 Å². The van der Waals surface area contributed by atoms with Crippen molar-refractivity contribution in [2.45, 2.75) is 25.7 Å². The lowest BCUT2D eigenvalue weighted by Gasteiger charge is -2.25. The van der Waals surface area contributed by atoms with Crippen molar-refractivity contribution in [1.29, 1.82) is 0 Å². The van der Waals surface area contributed by atoms with E-state index in [-0.39, 0.29) is 5.91 Å². The zero-order valence-electron chi connectivity index (χ0n) is 16.1. The van der Waals surface area contributed by atoms with Crippen LogP contribution in [-0.2, 0) is 29.1 Å². The van der Waals surface area contributed by atoms with Gasteiger partial charge in [0.25, 0.3) is 0 Å². The van der Waals surface area contributed by atoms with Gasteiger partial charge >= 0.3 is 12.1 Å². The largest absolute Gasteiger partial charge is 0.490 e. The number of carbonyl (C=O) groups is 2. The number of nitrogens with zero attached hydrogens (tertiary/aromatic N) is 4. The Hall–Kier alpha value is -2.40. The third kappa shape index (κ3) is 7.17. The molecule has 1 aliphatic heterocycles. The summed E-state index contributed by atoms with van der Waals surface area (Å²) in [5.74, 6) is -1.14. The van der Waals surface area contributed by atoms with Crippen molar-refractivity contribution in [3.8, 4) is 0 Å². The number of rotatable bonds is 4. The highest BCUT2D eigenvalue weighted by Crippen LogP contribution is 2.18. The summed E-state index contributed by atoms with van der Waals surface area (Å²) in [5.41, 5.74) is 0. The number of imidazole rings is 1. The van der Waals surface area contributed by atoms with Crippen LogP contribution in [0.25, 0.3) is 0 Å². The first kappa shape index (κ1) is 22.9. The fourth-order valence-corrected chi connectivity index (χ4v) is 3.73. The SMILES string of the molecule is CN(C)CC1CN(C(=O)Cc2cccs2)Cc2nccn2C1.O=C(O)C(F)(F)F. The fourth-order valence-electron chi connectivity index (χ4n) is 3.04. The van der Waals surface area contributed by atoms with Gasteiger partial charge in [0.2, 0.25) is 5.91 Å². The van der Waals surface area contributed by atoms with Gasteiger partial charge in [0.05, 0.1) is 13.0 Å². The molecule has 11 heteroatoms. The summed E-state index contributed by atoms with van der Waals surface area (Å²) in [4.78, 5) is 31.3. The van der Waals surface area contributed by atoms with Crippen LogP contribution >= 0.6 is 11.3 Å². The molecule has 0 fully saturated rings. The van der Waals surface area contributed by atoms with Gasteiger partial charge < -0.3 is 19.5 Å². The van der Waals surface area contributed by atoms with Crippen molar-refractivity contribution >= 4 is 23.2 Å². The van der Waals surface area contributed by atoms with E-state index in [0.29, 0.717) is 18.9 Å². The van der Waals surface area contributed by atoms with E-state index in [0.717, 1.165) is 30.3 Å². The Labute approximate surface area is 170 Å². The summed E-state index contributed by atoms with van der Waals surface area (Å²) in [7, 11) is 4.16. The van der Waals surface area contributed by atoms with Gasteiger partial charge in [-0.15, -0.1) is 11.3 Å². The summed E-state index contributed by atoms with van der Waals surface area (Å²) < 4.78 is 33.9. The monoisotopic (exact) mass is 432 g/mol. The van der Waals surface area contributed by atoms with Crippen LogP contribution in [0.3, 0.4) is 0 Å². The molecule has 1 unspecified atom stereocenters.